The van der Waals surface area contributed by atoms with Crippen molar-refractivity contribution >= 4 is 23.2 Å². The number of carbonyl (C=O) groups excluding carboxylic acids is 1. The monoisotopic (exact) mass is 263 g/mol. The molecular formula is C11H9N3O3S. The van der Waals surface area contributed by atoms with E-state index in [0.29, 0.717) is 6.54 Å². The molecule has 6 nitrogen and oxygen atoms in total. The Morgan fingerprint density at radius 2 is 2.11 bits per heavy atom. The molecule has 0 spiro atoms. The molecule has 2 aromatic heterocycles. The van der Waals surface area contributed by atoms with Gasteiger partial charge in [-0.25, -0.2) is 14.8 Å². The highest BCUT2D eigenvalue weighted by atomic mass is 32.1. The Kier molecular flexibility index (Phi) is 3.63. The molecule has 18 heavy (non-hydrogen) atoms. The van der Waals surface area contributed by atoms with Crippen molar-refractivity contribution < 1.29 is 14.7 Å². The Morgan fingerprint density at radius 3 is 2.78 bits per heavy atom. The summed E-state index contributed by atoms with van der Waals surface area (Å²) in [5.74, 6) is -1.59. The number of carbonyl (C=O) groups is 2. The highest BCUT2D eigenvalue weighted by molar-refractivity contribution is 7.09. The molecule has 0 bridgehead atoms. The van der Waals surface area contributed by atoms with Gasteiger partial charge in [-0.3, -0.25) is 4.79 Å². The average Bonchev–Trinajstić information content (AvgIpc) is 2.89. The summed E-state index contributed by atoms with van der Waals surface area (Å²) < 4.78 is 0. The number of hydrogen-bond acceptors (Lipinski definition) is 5. The molecule has 0 unspecified atom stereocenters. The van der Waals surface area contributed by atoms with Gasteiger partial charge in [0.2, 0.25) is 0 Å². The van der Waals surface area contributed by atoms with E-state index in [2.05, 4.69) is 15.3 Å². The number of aromatic nitrogens is 2. The normalized spacial score (nSPS) is 10.0. The fourth-order valence-corrected chi connectivity index (χ4v) is 1.82. The van der Waals surface area contributed by atoms with Crippen LogP contribution < -0.4 is 5.32 Å². The maximum Gasteiger partial charge on any atom is 0.354 e. The van der Waals surface area contributed by atoms with E-state index in [1.807, 2.05) is 5.38 Å². The van der Waals surface area contributed by atoms with E-state index in [-0.39, 0.29) is 11.4 Å². The van der Waals surface area contributed by atoms with Crippen molar-refractivity contribution in [3.63, 3.8) is 0 Å². The Hall–Kier alpha value is -2.28. The fourth-order valence-electron chi connectivity index (χ4n) is 1.27. The van der Waals surface area contributed by atoms with Crippen LogP contribution in [0, 0.1) is 0 Å². The highest BCUT2D eigenvalue weighted by Crippen LogP contribution is 2.04. The van der Waals surface area contributed by atoms with Crippen LogP contribution in [0.2, 0.25) is 0 Å². The van der Waals surface area contributed by atoms with Gasteiger partial charge in [0, 0.05) is 11.6 Å². The summed E-state index contributed by atoms with van der Waals surface area (Å²) >= 11 is 1.43. The summed E-state index contributed by atoms with van der Waals surface area (Å²) in [6.45, 7) is 0.301. The van der Waals surface area contributed by atoms with Crippen LogP contribution in [0.4, 0.5) is 0 Å². The van der Waals surface area contributed by atoms with Gasteiger partial charge >= 0.3 is 5.97 Å². The number of hydrogen-bond donors (Lipinski definition) is 2. The van der Waals surface area contributed by atoms with Gasteiger partial charge in [-0.2, -0.15) is 0 Å². The van der Waals surface area contributed by atoms with Gasteiger partial charge in [-0.1, -0.05) is 6.07 Å². The van der Waals surface area contributed by atoms with E-state index in [1.165, 1.54) is 29.5 Å². The SMILES string of the molecule is O=C(O)c1cccc(C(=O)NCc2nccs2)n1. The average molecular weight is 263 g/mol. The summed E-state index contributed by atoms with van der Waals surface area (Å²) in [6, 6.07) is 4.28. The molecule has 2 N–H and O–H groups in total. The predicted molar refractivity (Wildman–Crippen MR) is 64.5 cm³/mol. The van der Waals surface area contributed by atoms with Gasteiger partial charge in [0.1, 0.15) is 16.4 Å². The smallest absolute Gasteiger partial charge is 0.354 e. The number of thiazole rings is 1. The van der Waals surface area contributed by atoms with Gasteiger partial charge in [0.15, 0.2) is 0 Å². The summed E-state index contributed by atoms with van der Waals surface area (Å²) in [5, 5.41) is 14.0. The molecule has 0 fully saturated rings. The first-order valence-electron chi connectivity index (χ1n) is 5.04. The zero-order valence-electron chi connectivity index (χ0n) is 9.16. The Balaban J connectivity index is 2.04. The van der Waals surface area contributed by atoms with E-state index in [1.54, 1.807) is 6.20 Å². The largest absolute Gasteiger partial charge is 0.477 e. The van der Waals surface area contributed by atoms with Crippen molar-refractivity contribution in [1.29, 1.82) is 0 Å². The molecule has 2 rings (SSSR count). The third-order valence-corrected chi connectivity index (χ3v) is 2.86. The molecular weight excluding hydrogens is 254 g/mol. The van der Waals surface area contributed by atoms with E-state index in [0.717, 1.165) is 5.01 Å². The van der Waals surface area contributed by atoms with E-state index < -0.39 is 11.9 Å². The van der Waals surface area contributed by atoms with Crippen LogP contribution in [0.25, 0.3) is 0 Å². The minimum Gasteiger partial charge on any atom is -0.477 e. The lowest BCUT2D eigenvalue weighted by molar-refractivity contribution is 0.0690. The van der Waals surface area contributed by atoms with Crippen LogP contribution in [-0.4, -0.2) is 27.0 Å². The maximum atomic E-state index is 11.7. The van der Waals surface area contributed by atoms with Crippen molar-refractivity contribution in [2.75, 3.05) is 0 Å². The van der Waals surface area contributed by atoms with Crippen molar-refractivity contribution in [1.82, 2.24) is 15.3 Å². The van der Waals surface area contributed by atoms with Crippen molar-refractivity contribution in [3.8, 4) is 0 Å². The van der Waals surface area contributed by atoms with Crippen molar-refractivity contribution in [3.05, 3.63) is 46.2 Å². The Labute approximate surface area is 106 Å². The first-order chi connectivity index (χ1) is 8.66. The van der Waals surface area contributed by atoms with Gasteiger partial charge in [-0.15, -0.1) is 11.3 Å². The Bertz CT molecular complexity index is 569. The molecule has 0 aliphatic carbocycles. The van der Waals surface area contributed by atoms with E-state index in [4.69, 9.17) is 5.11 Å². The lowest BCUT2D eigenvalue weighted by atomic mass is 10.3. The minimum atomic E-state index is -1.16. The van der Waals surface area contributed by atoms with Gasteiger partial charge in [-0.05, 0) is 12.1 Å². The number of rotatable bonds is 4. The number of nitrogens with zero attached hydrogens (tertiary/aromatic N) is 2. The molecule has 2 heterocycles. The molecule has 0 aromatic carbocycles. The second-order valence-corrected chi connectivity index (χ2v) is 4.30. The summed E-state index contributed by atoms with van der Waals surface area (Å²) in [7, 11) is 0. The van der Waals surface area contributed by atoms with Crippen LogP contribution in [-0.2, 0) is 6.54 Å². The van der Waals surface area contributed by atoms with Crippen LogP contribution in [0.3, 0.4) is 0 Å². The maximum absolute atomic E-state index is 11.7. The number of amides is 1. The minimum absolute atomic E-state index is 0.0754. The highest BCUT2D eigenvalue weighted by Gasteiger charge is 2.11. The van der Waals surface area contributed by atoms with Gasteiger partial charge < -0.3 is 10.4 Å². The molecule has 92 valence electrons. The summed E-state index contributed by atoms with van der Waals surface area (Å²) in [4.78, 5) is 30.2. The lowest BCUT2D eigenvalue weighted by Gasteiger charge is -2.03. The Morgan fingerprint density at radius 1 is 1.33 bits per heavy atom. The third kappa shape index (κ3) is 2.89. The molecule has 0 saturated carbocycles. The zero-order chi connectivity index (χ0) is 13.0. The molecule has 0 saturated heterocycles. The van der Waals surface area contributed by atoms with Crippen molar-refractivity contribution in [2.24, 2.45) is 0 Å². The van der Waals surface area contributed by atoms with E-state index in [9.17, 15) is 9.59 Å². The number of carboxylic acid groups (broad SMARTS) is 1. The van der Waals surface area contributed by atoms with Gasteiger partial charge in [0.05, 0.1) is 6.54 Å². The molecule has 0 atom stereocenters. The first kappa shape index (κ1) is 12.2. The standard InChI is InChI=1S/C11H9N3O3S/c15-10(13-6-9-12-4-5-18-9)7-2-1-3-8(14-7)11(16)17/h1-5H,6H2,(H,13,15)(H,16,17). The van der Waals surface area contributed by atoms with Crippen LogP contribution in [0.1, 0.15) is 26.0 Å². The molecule has 2 aromatic rings. The number of aromatic carboxylic acids is 1. The fraction of sp³-hybridized carbons (Fsp3) is 0.0909. The third-order valence-electron chi connectivity index (χ3n) is 2.08. The lowest BCUT2D eigenvalue weighted by Crippen LogP contribution is -2.24. The molecule has 0 aliphatic heterocycles. The van der Waals surface area contributed by atoms with Crippen LogP contribution >= 0.6 is 11.3 Å². The topological polar surface area (TPSA) is 92.2 Å². The molecule has 1 amide bonds. The number of pyridine rings is 1. The number of carboxylic acids is 1. The first-order valence-corrected chi connectivity index (χ1v) is 5.91. The zero-order valence-corrected chi connectivity index (χ0v) is 9.98. The van der Waals surface area contributed by atoms with Gasteiger partial charge in [0.25, 0.3) is 5.91 Å². The molecule has 0 aliphatic rings. The quantitative estimate of drug-likeness (QED) is 0.863. The summed E-state index contributed by atoms with van der Waals surface area (Å²) in [6.07, 6.45) is 1.65. The van der Waals surface area contributed by atoms with Crippen LogP contribution in [0.15, 0.2) is 29.8 Å². The van der Waals surface area contributed by atoms with E-state index >= 15 is 0 Å². The molecule has 7 heteroatoms. The van der Waals surface area contributed by atoms with Crippen LogP contribution in [0.5, 0.6) is 0 Å². The molecule has 0 radical (unpaired) electrons. The number of nitrogens with one attached hydrogen (secondary N) is 1. The predicted octanol–water partition coefficient (Wildman–Crippen LogP) is 1.17. The summed E-state index contributed by atoms with van der Waals surface area (Å²) in [5.41, 5.74) is -0.0802. The second-order valence-electron chi connectivity index (χ2n) is 3.32. The second kappa shape index (κ2) is 5.37. The van der Waals surface area contributed by atoms with Crippen molar-refractivity contribution in [2.45, 2.75) is 6.54 Å².